The summed E-state index contributed by atoms with van der Waals surface area (Å²) in [5.41, 5.74) is 4.24. The standard InChI is InChI=1S/3C9H13.3ClH.3Zr/c3*1-2-3-6-9-7-4-5-8-9;;;;;;/h3*4,7H,2-3,5-6H2,1H3;3*1H;;;/q3*-1;;;;3*+2/p-3. The maximum Gasteiger partial charge on any atom is 2.00 e. The van der Waals surface area contributed by atoms with Gasteiger partial charge in [-0.3, -0.25) is 18.2 Å². The van der Waals surface area contributed by atoms with Crippen molar-refractivity contribution in [3.05, 3.63) is 71.4 Å². The number of allylic oxidation sites excluding steroid dienone is 12. The molecule has 0 saturated carbocycles. The Hall–Kier alpha value is 1.96. The average Bonchev–Trinajstić information content (AvgIpc) is 3.47. The van der Waals surface area contributed by atoms with Crippen molar-refractivity contribution >= 4 is 0 Å². The smallest absolute Gasteiger partial charge is 1.00 e. The Morgan fingerprint density at radius 2 is 0.758 bits per heavy atom. The third-order valence-corrected chi connectivity index (χ3v) is 4.70. The van der Waals surface area contributed by atoms with Crippen molar-refractivity contribution in [3.8, 4) is 0 Å². The van der Waals surface area contributed by atoms with Crippen molar-refractivity contribution in [1.29, 1.82) is 0 Å². The van der Waals surface area contributed by atoms with Crippen molar-refractivity contribution < 1.29 is 116 Å². The zero-order valence-electron chi connectivity index (χ0n) is 20.6. The summed E-state index contributed by atoms with van der Waals surface area (Å²) >= 11 is 0. The van der Waals surface area contributed by atoms with Crippen LogP contribution in [0.4, 0.5) is 0 Å². The normalized spacial score (nSPS) is 13.4. The molecule has 3 rings (SSSR count). The fraction of sp³-hybridized carbons (Fsp3) is 0.556. The monoisotopic (exact) mass is 738 g/mol. The molecule has 0 fully saturated rings. The molecule has 0 radical (unpaired) electrons. The molecule has 3 aliphatic rings. The topological polar surface area (TPSA) is 0 Å². The summed E-state index contributed by atoms with van der Waals surface area (Å²) in [7, 11) is 0. The fourth-order valence-corrected chi connectivity index (χ4v) is 2.97. The van der Waals surface area contributed by atoms with Crippen molar-refractivity contribution in [2.45, 2.75) is 97.8 Å². The van der Waals surface area contributed by atoms with Gasteiger partial charge in [-0.2, -0.15) is 18.2 Å². The second-order valence-electron chi connectivity index (χ2n) is 7.24. The van der Waals surface area contributed by atoms with Gasteiger partial charge < -0.3 is 37.2 Å². The van der Waals surface area contributed by atoms with Crippen LogP contribution in [-0.4, -0.2) is 0 Å². The van der Waals surface area contributed by atoms with Crippen LogP contribution in [0.2, 0.25) is 0 Å². The van der Waals surface area contributed by atoms with E-state index in [1.54, 1.807) is 0 Å². The van der Waals surface area contributed by atoms with E-state index in [1.165, 1.54) is 74.5 Å². The molecular weight excluding hydrogens is 704 g/mol. The first kappa shape index (κ1) is 48.1. The first-order valence-corrected chi connectivity index (χ1v) is 11.1. The number of hydrogen-bond acceptors (Lipinski definition) is 0. The molecule has 0 aromatic rings. The summed E-state index contributed by atoms with van der Waals surface area (Å²) in [5.74, 6) is 0. The molecule has 180 valence electrons. The average molecular weight is 744 g/mol. The van der Waals surface area contributed by atoms with Gasteiger partial charge in [0.2, 0.25) is 0 Å². The molecule has 33 heavy (non-hydrogen) atoms. The molecule has 0 aliphatic heterocycles. The molecule has 0 spiro atoms. The Morgan fingerprint density at radius 1 is 0.515 bits per heavy atom. The van der Waals surface area contributed by atoms with Crippen LogP contribution >= 0.6 is 0 Å². The number of halogens is 3. The fourth-order valence-electron chi connectivity index (χ4n) is 2.97. The molecule has 0 aromatic heterocycles. The largest absolute Gasteiger partial charge is 2.00 e. The zero-order chi connectivity index (χ0) is 19.6. The van der Waals surface area contributed by atoms with E-state index in [0.29, 0.717) is 0 Å². The Kier molecular flexibility index (Phi) is 52.6. The van der Waals surface area contributed by atoms with E-state index in [0.717, 1.165) is 19.3 Å². The van der Waals surface area contributed by atoms with Gasteiger partial charge in [0.1, 0.15) is 0 Å². The molecule has 0 nitrogen and oxygen atoms in total. The van der Waals surface area contributed by atoms with Crippen LogP contribution in [-0.2, 0) is 78.6 Å². The summed E-state index contributed by atoms with van der Waals surface area (Å²) in [6.07, 6.45) is 37.6. The van der Waals surface area contributed by atoms with Gasteiger partial charge in [-0.15, -0.1) is 19.3 Å². The predicted molar refractivity (Wildman–Crippen MR) is 120 cm³/mol. The van der Waals surface area contributed by atoms with Crippen LogP contribution in [0.3, 0.4) is 0 Å². The summed E-state index contributed by atoms with van der Waals surface area (Å²) in [6.45, 7) is 6.66. The van der Waals surface area contributed by atoms with Crippen molar-refractivity contribution in [1.82, 2.24) is 0 Å². The third kappa shape index (κ3) is 28.4. The molecule has 0 N–H and O–H groups in total. The van der Waals surface area contributed by atoms with Crippen LogP contribution in [0.15, 0.2) is 53.2 Å². The molecular formula is C27H39Cl3Zr3. The van der Waals surface area contributed by atoms with E-state index in [4.69, 9.17) is 0 Å². The van der Waals surface area contributed by atoms with Crippen LogP contribution in [0.25, 0.3) is 0 Å². The Labute approximate surface area is 281 Å². The molecule has 6 heteroatoms. The van der Waals surface area contributed by atoms with E-state index < -0.39 is 0 Å². The molecule has 0 unspecified atom stereocenters. The Balaban J connectivity index is -0.0000000759. The number of rotatable bonds is 9. The van der Waals surface area contributed by atoms with Crippen LogP contribution in [0.5, 0.6) is 0 Å². The first-order valence-electron chi connectivity index (χ1n) is 11.1. The number of hydrogen-bond donors (Lipinski definition) is 0. The van der Waals surface area contributed by atoms with Crippen LogP contribution in [0.1, 0.15) is 97.8 Å². The molecule has 0 aromatic carbocycles. The van der Waals surface area contributed by atoms with E-state index in [-0.39, 0.29) is 116 Å². The second kappa shape index (κ2) is 36.1. The van der Waals surface area contributed by atoms with Gasteiger partial charge in [-0.25, -0.2) is 34.9 Å². The van der Waals surface area contributed by atoms with E-state index in [1.807, 2.05) is 0 Å². The maximum atomic E-state index is 3.30. The van der Waals surface area contributed by atoms with Crippen LogP contribution in [0, 0.1) is 18.2 Å². The zero-order valence-corrected chi connectivity index (χ0v) is 30.2. The van der Waals surface area contributed by atoms with Crippen LogP contribution < -0.4 is 37.2 Å². The van der Waals surface area contributed by atoms with Gasteiger partial charge in [0.05, 0.1) is 0 Å². The summed E-state index contributed by atoms with van der Waals surface area (Å²) in [6, 6.07) is 0. The van der Waals surface area contributed by atoms with E-state index in [2.05, 4.69) is 75.5 Å². The van der Waals surface area contributed by atoms with Gasteiger partial charge in [-0.05, 0) is 0 Å². The summed E-state index contributed by atoms with van der Waals surface area (Å²) in [5, 5.41) is 0. The van der Waals surface area contributed by atoms with E-state index in [9.17, 15) is 0 Å². The quantitative estimate of drug-likeness (QED) is 0.283. The molecule has 0 heterocycles. The first-order chi connectivity index (χ1) is 13.3. The van der Waals surface area contributed by atoms with E-state index >= 15 is 0 Å². The Morgan fingerprint density at radius 3 is 0.909 bits per heavy atom. The van der Waals surface area contributed by atoms with Crippen molar-refractivity contribution in [3.63, 3.8) is 0 Å². The summed E-state index contributed by atoms with van der Waals surface area (Å²) < 4.78 is 0. The Bertz CT molecular complexity index is 496. The molecule has 0 saturated heterocycles. The van der Waals surface area contributed by atoms with Gasteiger partial charge in [-0.1, -0.05) is 78.6 Å². The SMILES string of the molecule is CCCCC1=[C-]CC=C1.CCCCC1=[C-]CC=C1.CCCCC1=[C-]CC=C1.[Cl-].[Cl-].[Cl-].[Zr+2].[Zr+2].[Zr+2]. The maximum absolute atomic E-state index is 3.30. The van der Waals surface area contributed by atoms with Crippen molar-refractivity contribution in [2.24, 2.45) is 0 Å². The molecule has 0 atom stereocenters. The van der Waals surface area contributed by atoms with Gasteiger partial charge in [0.25, 0.3) is 0 Å². The molecule has 0 amide bonds. The molecule has 3 aliphatic carbocycles. The van der Waals surface area contributed by atoms with Gasteiger partial charge >= 0.3 is 78.6 Å². The minimum absolute atomic E-state index is 0. The minimum atomic E-state index is 0. The number of unbranched alkanes of at least 4 members (excludes halogenated alkanes) is 3. The third-order valence-electron chi connectivity index (χ3n) is 4.70. The van der Waals surface area contributed by atoms with Gasteiger partial charge in [0.15, 0.2) is 0 Å². The second-order valence-corrected chi connectivity index (χ2v) is 7.24. The van der Waals surface area contributed by atoms with Gasteiger partial charge in [0, 0.05) is 0 Å². The minimum Gasteiger partial charge on any atom is -1.00 e. The predicted octanol–water partition coefficient (Wildman–Crippen LogP) is -0.397. The molecule has 0 bridgehead atoms. The van der Waals surface area contributed by atoms with Crippen molar-refractivity contribution in [2.75, 3.05) is 0 Å². The summed E-state index contributed by atoms with van der Waals surface area (Å²) in [4.78, 5) is 0.